The van der Waals surface area contributed by atoms with Crippen LogP contribution in [0.5, 0.6) is 0 Å². The first-order chi connectivity index (χ1) is 29.7. The van der Waals surface area contributed by atoms with Gasteiger partial charge in [-0.2, -0.15) is 0 Å². The zero-order chi connectivity index (χ0) is 39.6. The highest BCUT2D eigenvalue weighted by Gasteiger charge is 2.19. The second-order valence-electron chi connectivity index (χ2n) is 15.7. The number of benzene rings is 11. The van der Waals surface area contributed by atoms with Gasteiger partial charge in [0.15, 0.2) is 5.82 Å². The first-order valence-corrected chi connectivity index (χ1v) is 20.6. The summed E-state index contributed by atoms with van der Waals surface area (Å²) >= 11 is 0. The van der Waals surface area contributed by atoms with Gasteiger partial charge in [-0.25, -0.2) is 9.97 Å². The molecule has 0 aliphatic carbocycles. The van der Waals surface area contributed by atoms with Crippen molar-refractivity contribution in [3.8, 4) is 56.2 Å². The third-order valence-electron chi connectivity index (χ3n) is 12.2. The lowest BCUT2D eigenvalue weighted by Crippen LogP contribution is -1.96. The number of fused-ring (bicyclic) bond motifs is 9. The smallest absolute Gasteiger partial charge is 0.160 e. The van der Waals surface area contributed by atoms with Crippen LogP contribution in [0.15, 0.2) is 218 Å². The molecule has 60 heavy (non-hydrogen) atoms. The minimum Gasteiger partial charge on any atom is -0.228 e. The zero-order valence-corrected chi connectivity index (χ0v) is 32.7. The Morgan fingerprint density at radius 2 is 0.683 bits per heavy atom. The molecule has 1 heterocycles. The highest BCUT2D eigenvalue weighted by atomic mass is 14.9. The Bertz CT molecular complexity index is 3630. The van der Waals surface area contributed by atoms with E-state index in [-0.39, 0.29) is 0 Å². The Hall–Kier alpha value is -7.94. The second kappa shape index (κ2) is 13.9. The number of rotatable bonds is 5. The van der Waals surface area contributed by atoms with E-state index < -0.39 is 0 Å². The third kappa shape index (κ3) is 5.57. The Morgan fingerprint density at radius 1 is 0.233 bits per heavy atom. The molecule has 0 fully saturated rings. The predicted octanol–water partition coefficient (Wildman–Crippen LogP) is 15.7. The van der Waals surface area contributed by atoms with Gasteiger partial charge in [-0.05, 0) is 99.0 Å². The van der Waals surface area contributed by atoms with Crippen molar-refractivity contribution in [2.75, 3.05) is 0 Å². The van der Waals surface area contributed by atoms with Crippen molar-refractivity contribution in [1.82, 2.24) is 9.97 Å². The Balaban J connectivity index is 1.02. The van der Waals surface area contributed by atoms with Gasteiger partial charge in [0.05, 0.1) is 11.4 Å². The van der Waals surface area contributed by atoms with Crippen LogP contribution in [0.3, 0.4) is 0 Å². The lowest BCUT2D eigenvalue weighted by molar-refractivity contribution is 1.18. The van der Waals surface area contributed by atoms with Crippen molar-refractivity contribution in [3.05, 3.63) is 218 Å². The van der Waals surface area contributed by atoms with Crippen LogP contribution in [0.4, 0.5) is 0 Å². The number of hydrogen-bond donors (Lipinski definition) is 0. The van der Waals surface area contributed by atoms with Gasteiger partial charge in [0.25, 0.3) is 0 Å². The van der Waals surface area contributed by atoms with Gasteiger partial charge >= 0.3 is 0 Å². The number of aromatic nitrogens is 2. The molecule has 0 bridgehead atoms. The molecule has 0 radical (unpaired) electrons. The molecule has 0 unspecified atom stereocenters. The number of hydrogen-bond acceptors (Lipinski definition) is 2. The molecule has 2 nitrogen and oxygen atoms in total. The van der Waals surface area contributed by atoms with Gasteiger partial charge in [-0.3, -0.25) is 0 Å². The summed E-state index contributed by atoms with van der Waals surface area (Å²) in [4.78, 5) is 10.4. The maximum atomic E-state index is 5.20. The van der Waals surface area contributed by atoms with Crippen LogP contribution >= 0.6 is 0 Å². The summed E-state index contributed by atoms with van der Waals surface area (Å²) in [6, 6.07) is 78.8. The van der Waals surface area contributed by atoms with Gasteiger partial charge in [-0.1, -0.05) is 206 Å². The van der Waals surface area contributed by atoms with Crippen LogP contribution in [-0.4, -0.2) is 9.97 Å². The maximum absolute atomic E-state index is 5.20. The molecule has 278 valence electrons. The van der Waals surface area contributed by atoms with Crippen molar-refractivity contribution in [2.24, 2.45) is 0 Å². The lowest BCUT2D eigenvalue weighted by Gasteiger charge is -2.19. The normalized spacial score (nSPS) is 11.7. The van der Waals surface area contributed by atoms with Gasteiger partial charge < -0.3 is 0 Å². The SMILES string of the molecule is c1ccc(-c2nc(-c3ccc(-c4c5ccccc5c(-c5ccccc5)c5c4ccc4ccccc45)cc3)cc(-c3ccc4c(ccc5c6ccccc6ccc45)c3)n2)cc1. The van der Waals surface area contributed by atoms with E-state index in [1.807, 2.05) is 18.2 Å². The number of nitrogens with zero attached hydrogens (tertiary/aromatic N) is 2. The van der Waals surface area contributed by atoms with Gasteiger partial charge in [0.1, 0.15) is 0 Å². The molecule has 0 amide bonds. The zero-order valence-electron chi connectivity index (χ0n) is 32.7. The molecule has 0 N–H and O–H groups in total. The van der Waals surface area contributed by atoms with Crippen LogP contribution in [0.25, 0.3) is 121 Å². The summed E-state index contributed by atoms with van der Waals surface area (Å²) < 4.78 is 0. The molecule has 2 heteroatoms. The van der Waals surface area contributed by atoms with E-state index in [4.69, 9.17) is 9.97 Å². The fourth-order valence-electron chi connectivity index (χ4n) is 9.42. The van der Waals surface area contributed by atoms with Crippen LogP contribution in [0.2, 0.25) is 0 Å². The molecular weight excluding hydrogens is 725 g/mol. The molecule has 12 rings (SSSR count). The van der Waals surface area contributed by atoms with Crippen molar-refractivity contribution < 1.29 is 0 Å². The van der Waals surface area contributed by atoms with Crippen molar-refractivity contribution in [1.29, 1.82) is 0 Å². The summed E-state index contributed by atoms with van der Waals surface area (Å²) in [5.74, 6) is 0.706. The Kier molecular flexibility index (Phi) is 7.89. The Morgan fingerprint density at radius 3 is 1.38 bits per heavy atom. The quantitative estimate of drug-likeness (QED) is 0.129. The summed E-state index contributed by atoms with van der Waals surface area (Å²) in [7, 11) is 0. The van der Waals surface area contributed by atoms with E-state index in [0.29, 0.717) is 5.82 Å². The van der Waals surface area contributed by atoms with E-state index in [1.165, 1.54) is 86.9 Å². The summed E-state index contributed by atoms with van der Waals surface area (Å²) in [6.45, 7) is 0. The standard InChI is InChI=1S/C58H36N2/c1-3-15-40(16-4-1)56-51-22-12-11-21-50(51)55(52-34-28-38-14-8-10-20-47(38)57(52)56)41-25-23-39(24-26-41)53-36-54(60-58(59-53)42-17-5-2-6-18-42)44-30-31-46-43(35-44)29-33-48-45-19-9-7-13-37(45)27-32-49(46)48/h1-36H. The van der Waals surface area contributed by atoms with Crippen LogP contribution in [-0.2, 0) is 0 Å². The van der Waals surface area contributed by atoms with Gasteiger partial charge in [0, 0.05) is 16.7 Å². The fourth-order valence-corrected chi connectivity index (χ4v) is 9.42. The summed E-state index contributed by atoms with van der Waals surface area (Å²) in [5, 5.41) is 15.0. The highest BCUT2D eigenvalue weighted by Crippen LogP contribution is 2.46. The van der Waals surface area contributed by atoms with Crippen molar-refractivity contribution in [3.63, 3.8) is 0 Å². The van der Waals surface area contributed by atoms with Crippen LogP contribution in [0, 0.1) is 0 Å². The summed E-state index contributed by atoms with van der Waals surface area (Å²) in [6.07, 6.45) is 0. The second-order valence-corrected chi connectivity index (χ2v) is 15.7. The predicted molar refractivity (Wildman–Crippen MR) is 254 cm³/mol. The third-order valence-corrected chi connectivity index (χ3v) is 12.2. The molecule has 1 aromatic heterocycles. The maximum Gasteiger partial charge on any atom is 0.160 e. The van der Waals surface area contributed by atoms with E-state index >= 15 is 0 Å². The average molecular weight is 761 g/mol. The molecule has 0 saturated carbocycles. The first kappa shape index (κ1) is 34.1. The molecular formula is C58H36N2. The van der Waals surface area contributed by atoms with Crippen molar-refractivity contribution in [2.45, 2.75) is 0 Å². The molecule has 12 aromatic rings. The molecule has 0 saturated heterocycles. The minimum atomic E-state index is 0.706. The monoisotopic (exact) mass is 760 g/mol. The first-order valence-electron chi connectivity index (χ1n) is 20.6. The van der Waals surface area contributed by atoms with Crippen LogP contribution < -0.4 is 0 Å². The fraction of sp³-hybridized carbons (Fsp3) is 0. The Labute approximate surface area is 347 Å². The van der Waals surface area contributed by atoms with Crippen molar-refractivity contribution >= 4 is 64.6 Å². The van der Waals surface area contributed by atoms with Gasteiger partial charge in [0.2, 0.25) is 0 Å². The molecule has 0 aliphatic heterocycles. The van der Waals surface area contributed by atoms with E-state index in [9.17, 15) is 0 Å². The minimum absolute atomic E-state index is 0.706. The average Bonchev–Trinajstić information content (AvgIpc) is 3.33. The van der Waals surface area contributed by atoms with E-state index in [1.54, 1.807) is 0 Å². The topological polar surface area (TPSA) is 25.8 Å². The summed E-state index contributed by atoms with van der Waals surface area (Å²) in [5.41, 5.74) is 9.76. The lowest BCUT2D eigenvalue weighted by atomic mass is 9.84. The molecule has 0 spiro atoms. The molecule has 0 atom stereocenters. The highest BCUT2D eigenvalue weighted by molar-refractivity contribution is 6.28. The molecule has 0 aliphatic rings. The largest absolute Gasteiger partial charge is 0.228 e. The van der Waals surface area contributed by atoms with Crippen LogP contribution in [0.1, 0.15) is 0 Å². The molecule has 11 aromatic carbocycles. The van der Waals surface area contributed by atoms with E-state index in [0.717, 1.165) is 28.1 Å². The van der Waals surface area contributed by atoms with E-state index in [2.05, 4.69) is 200 Å². The van der Waals surface area contributed by atoms with Gasteiger partial charge in [-0.15, -0.1) is 0 Å².